The lowest BCUT2D eigenvalue weighted by atomic mass is 10.00. The van der Waals surface area contributed by atoms with Gasteiger partial charge in [-0.25, -0.2) is 9.78 Å². The summed E-state index contributed by atoms with van der Waals surface area (Å²) in [4.78, 5) is 16.3. The van der Waals surface area contributed by atoms with Gasteiger partial charge in [-0.05, 0) is 18.2 Å². The molecule has 6 nitrogen and oxygen atoms in total. The standard InChI is InChI=1S/C18H15F3N2O4/c1-25-9-11-7-13(17(24)26-2)14(8-22)16(23-11)12-5-3-4-6-15(12)27-10-18(19,20)21/h3-7H,9-10H2,1-2H3. The van der Waals surface area contributed by atoms with E-state index in [1.54, 1.807) is 6.07 Å². The van der Waals surface area contributed by atoms with Crippen molar-refractivity contribution in [3.8, 4) is 23.1 Å². The van der Waals surface area contributed by atoms with Crippen molar-refractivity contribution in [3.63, 3.8) is 0 Å². The monoisotopic (exact) mass is 380 g/mol. The second kappa shape index (κ2) is 8.51. The molecule has 1 heterocycles. The second-order valence-electron chi connectivity index (χ2n) is 5.32. The number of pyridine rings is 1. The number of methoxy groups -OCH3 is 2. The van der Waals surface area contributed by atoms with E-state index in [0.717, 1.165) is 7.11 Å². The van der Waals surface area contributed by atoms with E-state index < -0.39 is 18.8 Å². The number of ether oxygens (including phenoxy) is 3. The first-order valence-electron chi connectivity index (χ1n) is 7.61. The number of nitriles is 1. The third-order valence-corrected chi connectivity index (χ3v) is 3.42. The summed E-state index contributed by atoms with van der Waals surface area (Å²) < 4.78 is 52.1. The molecule has 0 aliphatic carbocycles. The molecule has 0 aliphatic heterocycles. The molecule has 0 atom stereocenters. The van der Waals surface area contributed by atoms with Crippen molar-refractivity contribution < 1.29 is 32.2 Å². The highest BCUT2D eigenvalue weighted by Crippen LogP contribution is 2.33. The first-order chi connectivity index (χ1) is 12.8. The van der Waals surface area contributed by atoms with Crippen molar-refractivity contribution in [2.45, 2.75) is 12.8 Å². The van der Waals surface area contributed by atoms with Crippen LogP contribution in [0.3, 0.4) is 0 Å². The number of halogens is 3. The van der Waals surface area contributed by atoms with Gasteiger partial charge in [-0.2, -0.15) is 18.4 Å². The zero-order chi connectivity index (χ0) is 20.0. The number of rotatable bonds is 6. The lowest BCUT2D eigenvalue weighted by Gasteiger charge is -2.15. The number of aromatic nitrogens is 1. The predicted octanol–water partition coefficient (Wildman–Crippen LogP) is 3.49. The molecule has 0 bridgehead atoms. The zero-order valence-corrected chi connectivity index (χ0v) is 14.5. The minimum atomic E-state index is -4.53. The fraction of sp³-hybridized carbons (Fsp3) is 0.278. The van der Waals surface area contributed by atoms with Gasteiger partial charge >= 0.3 is 12.1 Å². The quantitative estimate of drug-likeness (QED) is 0.714. The number of benzene rings is 1. The molecule has 2 aromatic rings. The minimum absolute atomic E-state index is 0.00484. The highest BCUT2D eigenvalue weighted by molar-refractivity contribution is 5.95. The lowest BCUT2D eigenvalue weighted by molar-refractivity contribution is -0.153. The number of para-hydroxylation sites is 1. The van der Waals surface area contributed by atoms with Crippen molar-refractivity contribution in [2.24, 2.45) is 0 Å². The van der Waals surface area contributed by atoms with E-state index >= 15 is 0 Å². The third-order valence-electron chi connectivity index (χ3n) is 3.42. The summed E-state index contributed by atoms with van der Waals surface area (Å²) in [7, 11) is 2.57. The summed E-state index contributed by atoms with van der Waals surface area (Å²) in [6.45, 7) is -1.48. The van der Waals surface area contributed by atoms with Crippen molar-refractivity contribution >= 4 is 5.97 Å². The SMILES string of the molecule is COCc1cc(C(=O)OC)c(C#N)c(-c2ccccc2OCC(F)(F)F)n1. The Morgan fingerprint density at radius 1 is 1.26 bits per heavy atom. The Bertz CT molecular complexity index is 876. The first-order valence-corrected chi connectivity index (χ1v) is 7.61. The van der Waals surface area contributed by atoms with E-state index in [1.807, 2.05) is 6.07 Å². The van der Waals surface area contributed by atoms with Gasteiger partial charge in [-0.15, -0.1) is 0 Å². The Morgan fingerprint density at radius 3 is 2.56 bits per heavy atom. The molecule has 1 aromatic heterocycles. The summed E-state index contributed by atoms with van der Waals surface area (Å²) in [5, 5.41) is 9.53. The van der Waals surface area contributed by atoms with E-state index in [-0.39, 0.29) is 34.7 Å². The molecule has 0 aliphatic rings. The van der Waals surface area contributed by atoms with Crippen molar-refractivity contribution in [2.75, 3.05) is 20.8 Å². The highest BCUT2D eigenvalue weighted by atomic mass is 19.4. The van der Waals surface area contributed by atoms with E-state index in [9.17, 15) is 23.2 Å². The average Bonchev–Trinajstić information content (AvgIpc) is 2.65. The molecule has 0 radical (unpaired) electrons. The Morgan fingerprint density at radius 2 is 1.96 bits per heavy atom. The minimum Gasteiger partial charge on any atom is -0.483 e. The summed E-state index contributed by atoms with van der Waals surface area (Å²) >= 11 is 0. The Hall–Kier alpha value is -3.12. The lowest BCUT2D eigenvalue weighted by Crippen LogP contribution is -2.19. The fourth-order valence-electron chi connectivity index (χ4n) is 2.35. The number of carbonyl (C=O) groups excluding carboxylic acids is 1. The maximum atomic E-state index is 12.5. The van der Waals surface area contributed by atoms with Gasteiger partial charge in [0.25, 0.3) is 0 Å². The highest BCUT2D eigenvalue weighted by Gasteiger charge is 2.29. The predicted molar refractivity (Wildman–Crippen MR) is 88.0 cm³/mol. The molecule has 0 amide bonds. The molecular formula is C18H15F3N2O4. The number of esters is 1. The molecule has 2 rings (SSSR count). The molecule has 0 unspecified atom stereocenters. The van der Waals surface area contributed by atoms with Crippen LogP contribution in [0.25, 0.3) is 11.3 Å². The number of alkyl halides is 3. The summed E-state index contributed by atoms with van der Waals surface area (Å²) in [5.41, 5.74) is 0.247. The molecule has 1 aromatic carbocycles. The molecule has 0 saturated heterocycles. The zero-order valence-electron chi connectivity index (χ0n) is 14.5. The molecule has 0 spiro atoms. The van der Waals surface area contributed by atoms with E-state index in [1.165, 1.54) is 31.4 Å². The van der Waals surface area contributed by atoms with Crippen LogP contribution in [0.4, 0.5) is 13.2 Å². The van der Waals surface area contributed by atoms with Crippen LogP contribution in [0.15, 0.2) is 30.3 Å². The average molecular weight is 380 g/mol. The normalized spacial score (nSPS) is 11.0. The Labute approximate surface area is 153 Å². The van der Waals surface area contributed by atoms with E-state index in [2.05, 4.69) is 9.72 Å². The van der Waals surface area contributed by atoms with E-state index in [0.29, 0.717) is 5.69 Å². The maximum Gasteiger partial charge on any atom is 0.422 e. The Balaban J connectivity index is 2.66. The van der Waals surface area contributed by atoms with E-state index in [4.69, 9.17) is 9.47 Å². The van der Waals surface area contributed by atoms with Gasteiger partial charge in [-0.1, -0.05) is 12.1 Å². The third kappa shape index (κ3) is 4.95. The van der Waals surface area contributed by atoms with Gasteiger partial charge in [-0.3, -0.25) is 0 Å². The largest absolute Gasteiger partial charge is 0.483 e. The van der Waals surface area contributed by atoms with Crippen molar-refractivity contribution in [1.82, 2.24) is 4.98 Å². The molecule has 27 heavy (non-hydrogen) atoms. The maximum absolute atomic E-state index is 12.5. The van der Waals surface area contributed by atoms with Gasteiger partial charge in [0.1, 0.15) is 11.8 Å². The van der Waals surface area contributed by atoms with Gasteiger partial charge in [0.2, 0.25) is 0 Å². The summed E-state index contributed by atoms with van der Waals surface area (Å²) in [6.07, 6.45) is -4.53. The van der Waals surface area contributed by atoms with Crippen LogP contribution in [-0.4, -0.2) is 38.0 Å². The second-order valence-corrected chi connectivity index (χ2v) is 5.32. The fourth-order valence-corrected chi connectivity index (χ4v) is 2.35. The Kier molecular flexibility index (Phi) is 6.36. The first kappa shape index (κ1) is 20.2. The summed E-state index contributed by atoms with van der Waals surface area (Å²) in [6, 6.07) is 9.03. The number of nitrogens with zero attached hydrogens (tertiary/aromatic N) is 2. The van der Waals surface area contributed by atoms with Crippen molar-refractivity contribution in [1.29, 1.82) is 5.26 Å². The van der Waals surface area contributed by atoms with Gasteiger partial charge < -0.3 is 14.2 Å². The van der Waals surface area contributed by atoms with Crippen LogP contribution in [0.5, 0.6) is 5.75 Å². The number of hydrogen-bond donors (Lipinski definition) is 0. The molecule has 0 fully saturated rings. The van der Waals surface area contributed by atoms with Crippen LogP contribution in [0.1, 0.15) is 21.6 Å². The van der Waals surface area contributed by atoms with Crippen LogP contribution in [0.2, 0.25) is 0 Å². The topological polar surface area (TPSA) is 81.4 Å². The van der Waals surface area contributed by atoms with Crippen LogP contribution >= 0.6 is 0 Å². The van der Waals surface area contributed by atoms with Crippen LogP contribution < -0.4 is 4.74 Å². The van der Waals surface area contributed by atoms with Gasteiger partial charge in [0.15, 0.2) is 6.61 Å². The molecule has 142 valence electrons. The molecular weight excluding hydrogens is 365 g/mol. The van der Waals surface area contributed by atoms with Gasteiger partial charge in [0, 0.05) is 12.7 Å². The number of hydrogen-bond acceptors (Lipinski definition) is 6. The number of carbonyl (C=O) groups is 1. The summed E-state index contributed by atoms with van der Waals surface area (Å²) in [5.74, 6) is -0.898. The molecule has 9 heteroatoms. The van der Waals surface area contributed by atoms with Crippen LogP contribution in [-0.2, 0) is 16.1 Å². The van der Waals surface area contributed by atoms with Crippen molar-refractivity contribution in [3.05, 3.63) is 47.2 Å². The van der Waals surface area contributed by atoms with Crippen LogP contribution in [0, 0.1) is 11.3 Å². The van der Waals surface area contributed by atoms with Gasteiger partial charge in [0.05, 0.1) is 36.2 Å². The smallest absolute Gasteiger partial charge is 0.422 e. The molecule has 0 N–H and O–H groups in total. The molecule has 0 saturated carbocycles.